The van der Waals surface area contributed by atoms with Crippen LogP contribution in [0, 0.1) is 11.3 Å². The van der Waals surface area contributed by atoms with Gasteiger partial charge in [0, 0.05) is 5.41 Å². The Balaban J connectivity index is 2.48. The molecule has 0 saturated heterocycles. The van der Waals surface area contributed by atoms with Crippen molar-refractivity contribution in [1.29, 1.82) is 0 Å². The van der Waals surface area contributed by atoms with Crippen LogP contribution < -0.4 is 0 Å². The van der Waals surface area contributed by atoms with E-state index in [9.17, 15) is 4.79 Å². The van der Waals surface area contributed by atoms with Crippen LogP contribution in [-0.4, -0.2) is 23.8 Å². The summed E-state index contributed by atoms with van der Waals surface area (Å²) in [6.07, 6.45) is 1.49. The maximum Gasteiger partial charge on any atom is 0.309 e. The monoisotopic (exact) mass is 170 g/mol. The summed E-state index contributed by atoms with van der Waals surface area (Å²) >= 11 is 0. The average Bonchev–Trinajstić information content (AvgIpc) is 2.49. The SMILES string of the molecule is C=CCOC1C(C(=O)O)C1(C)C. The maximum absolute atomic E-state index is 10.6. The zero-order valence-electron chi connectivity index (χ0n) is 7.41. The molecule has 0 heterocycles. The molecule has 68 valence electrons. The molecule has 2 atom stereocenters. The highest BCUT2D eigenvalue weighted by Gasteiger charge is 2.63. The molecule has 2 unspecified atom stereocenters. The Labute approximate surface area is 72.0 Å². The lowest BCUT2D eigenvalue weighted by Gasteiger charge is -2.00. The lowest BCUT2D eigenvalue weighted by molar-refractivity contribution is -0.140. The van der Waals surface area contributed by atoms with Crippen LogP contribution in [0.25, 0.3) is 0 Å². The van der Waals surface area contributed by atoms with Crippen LogP contribution in [0.2, 0.25) is 0 Å². The van der Waals surface area contributed by atoms with Gasteiger partial charge >= 0.3 is 5.97 Å². The molecule has 1 aliphatic carbocycles. The summed E-state index contributed by atoms with van der Waals surface area (Å²) in [5.74, 6) is -1.12. The Kier molecular flexibility index (Phi) is 2.24. The topological polar surface area (TPSA) is 46.5 Å². The van der Waals surface area contributed by atoms with E-state index in [1.807, 2.05) is 13.8 Å². The highest BCUT2D eigenvalue weighted by molar-refractivity contribution is 5.76. The fraction of sp³-hybridized carbons (Fsp3) is 0.667. The zero-order valence-corrected chi connectivity index (χ0v) is 7.41. The Morgan fingerprint density at radius 1 is 1.75 bits per heavy atom. The van der Waals surface area contributed by atoms with Gasteiger partial charge in [0.15, 0.2) is 0 Å². The molecule has 0 radical (unpaired) electrons. The summed E-state index contributed by atoms with van der Waals surface area (Å²) in [6, 6.07) is 0. The highest BCUT2D eigenvalue weighted by Crippen LogP contribution is 2.54. The first-order chi connectivity index (χ1) is 5.51. The molecule has 0 amide bonds. The molecule has 0 bridgehead atoms. The van der Waals surface area contributed by atoms with E-state index in [1.165, 1.54) is 0 Å². The van der Waals surface area contributed by atoms with Gasteiger partial charge in [0.1, 0.15) is 0 Å². The molecule has 3 nitrogen and oxygen atoms in total. The van der Waals surface area contributed by atoms with E-state index >= 15 is 0 Å². The van der Waals surface area contributed by atoms with Crippen molar-refractivity contribution in [1.82, 2.24) is 0 Å². The first kappa shape index (κ1) is 9.26. The molecule has 1 saturated carbocycles. The van der Waals surface area contributed by atoms with E-state index in [1.54, 1.807) is 6.08 Å². The van der Waals surface area contributed by atoms with Crippen LogP contribution in [0.4, 0.5) is 0 Å². The number of carboxylic acids is 1. The number of hydrogen-bond donors (Lipinski definition) is 1. The molecule has 0 aromatic carbocycles. The molecule has 1 N–H and O–H groups in total. The van der Waals surface area contributed by atoms with Crippen LogP contribution in [0.1, 0.15) is 13.8 Å². The molecule has 1 aliphatic rings. The van der Waals surface area contributed by atoms with E-state index in [4.69, 9.17) is 9.84 Å². The van der Waals surface area contributed by atoms with E-state index < -0.39 is 5.97 Å². The molecule has 1 rings (SSSR count). The molecule has 12 heavy (non-hydrogen) atoms. The van der Waals surface area contributed by atoms with Gasteiger partial charge in [-0.3, -0.25) is 4.79 Å². The molecule has 3 heteroatoms. The second kappa shape index (κ2) is 2.90. The van der Waals surface area contributed by atoms with Crippen LogP contribution in [0.15, 0.2) is 12.7 Å². The summed E-state index contributed by atoms with van der Waals surface area (Å²) in [6.45, 7) is 7.74. The van der Waals surface area contributed by atoms with Crippen molar-refractivity contribution >= 4 is 5.97 Å². The predicted octanol–water partition coefficient (Wildman–Crippen LogP) is 1.30. The van der Waals surface area contributed by atoms with Gasteiger partial charge < -0.3 is 9.84 Å². The lowest BCUT2D eigenvalue weighted by Crippen LogP contribution is -2.05. The fourth-order valence-electron chi connectivity index (χ4n) is 1.52. The Bertz CT molecular complexity index is 208. The molecule has 1 fully saturated rings. The second-order valence-corrected chi connectivity index (χ2v) is 3.68. The Morgan fingerprint density at radius 2 is 2.33 bits per heavy atom. The minimum Gasteiger partial charge on any atom is -0.481 e. The smallest absolute Gasteiger partial charge is 0.309 e. The van der Waals surface area contributed by atoms with E-state index in [0.717, 1.165) is 0 Å². The van der Waals surface area contributed by atoms with Crippen LogP contribution in [-0.2, 0) is 9.53 Å². The summed E-state index contributed by atoms with van der Waals surface area (Å²) in [4.78, 5) is 10.6. The van der Waals surface area contributed by atoms with Gasteiger partial charge in [-0.15, -0.1) is 6.58 Å². The average molecular weight is 170 g/mol. The number of hydrogen-bond acceptors (Lipinski definition) is 2. The normalized spacial score (nSPS) is 31.2. The number of carbonyl (C=O) groups is 1. The van der Waals surface area contributed by atoms with Gasteiger partial charge in [0.05, 0.1) is 18.6 Å². The predicted molar refractivity (Wildman–Crippen MR) is 44.8 cm³/mol. The number of aliphatic carboxylic acids is 1. The van der Waals surface area contributed by atoms with E-state index in [-0.39, 0.29) is 17.4 Å². The third-order valence-electron chi connectivity index (χ3n) is 2.39. The largest absolute Gasteiger partial charge is 0.481 e. The van der Waals surface area contributed by atoms with Gasteiger partial charge in [0.25, 0.3) is 0 Å². The van der Waals surface area contributed by atoms with Crippen molar-refractivity contribution in [3.63, 3.8) is 0 Å². The third kappa shape index (κ3) is 1.37. The van der Waals surface area contributed by atoms with Crippen molar-refractivity contribution in [3.05, 3.63) is 12.7 Å². The maximum atomic E-state index is 10.6. The molecule has 0 aromatic heterocycles. The quantitative estimate of drug-likeness (QED) is 0.647. The standard InChI is InChI=1S/C9H14O3/c1-4-5-12-7-6(8(10)11)9(7,2)3/h4,6-7H,1,5H2,2-3H3,(H,10,11). The van der Waals surface area contributed by atoms with Crippen LogP contribution in [0.3, 0.4) is 0 Å². The molecular formula is C9H14O3. The molecule has 0 aliphatic heterocycles. The summed E-state index contributed by atoms with van der Waals surface area (Å²) in [5.41, 5.74) is -0.213. The summed E-state index contributed by atoms with van der Waals surface area (Å²) in [5, 5.41) is 8.75. The minimum atomic E-state index is -0.769. The Morgan fingerprint density at radius 3 is 2.67 bits per heavy atom. The second-order valence-electron chi connectivity index (χ2n) is 3.68. The number of carboxylic acid groups (broad SMARTS) is 1. The molecule has 0 aromatic rings. The number of ether oxygens (including phenoxy) is 1. The molecular weight excluding hydrogens is 156 g/mol. The van der Waals surface area contributed by atoms with Crippen molar-refractivity contribution in [2.75, 3.05) is 6.61 Å². The summed E-state index contributed by atoms with van der Waals surface area (Å²) < 4.78 is 5.29. The van der Waals surface area contributed by atoms with Gasteiger partial charge in [-0.1, -0.05) is 19.9 Å². The molecule has 0 spiro atoms. The summed E-state index contributed by atoms with van der Waals surface area (Å²) in [7, 11) is 0. The van der Waals surface area contributed by atoms with Crippen molar-refractivity contribution in [2.45, 2.75) is 20.0 Å². The van der Waals surface area contributed by atoms with Gasteiger partial charge in [-0.2, -0.15) is 0 Å². The van der Waals surface area contributed by atoms with E-state index in [0.29, 0.717) is 6.61 Å². The lowest BCUT2D eigenvalue weighted by atomic mass is 10.1. The first-order valence-electron chi connectivity index (χ1n) is 3.97. The van der Waals surface area contributed by atoms with Gasteiger partial charge in [-0.05, 0) is 0 Å². The van der Waals surface area contributed by atoms with Gasteiger partial charge in [0.2, 0.25) is 0 Å². The fourth-order valence-corrected chi connectivity index (χ4v) is 1.52. The Hall–Kier alpha value is -0.830. The third-order valence-corrected chi connectivity index (χ3v) is 2.39. The zero-order chi connectivity index (χ0) is 9.35. The van der Waals surface area contributed by atoms with Crippen molar-refractivity contribution in [3.8, 4) is 0 Å². The highest BCUT2D eigenvalue weighted by atomic mass is 16.5. The van der Waals surface area contributed by atoms with Crippen molar-refractivity contribution in [2.24, 2.45) is 11.3 Å². The van der Waals surface area contributed by atoms with E-state index in [2.05, 4.69) is 6.58 Å². The van der Waals surface area contributed by atoms with Crippen LogP contribution >= 0.6 is 0 Å². The van der Waals surface area contributed by atoms with Gasteiger partial charge in [-0.25, -0.2) is 0 Å². The minimum absolute atomic E-state index is 0.145. The van der Waals surface area contributed by atoms with Crippen LogP contribution in [0.5, 0.6) is 0 Å². The van der Waals surface area contributed by atoms with Crippen molar-refractivity contribution < 1.29 is 14.6 Å². The number of rotatable bonds is 4. The first-order valence-corrected chi connectivity index (χ1v) is 3.97.